The van der Waals surface area contributed by atoms with Crippen LogP contribution in [0.15, 0.2) is 17.6 Å². The molecule has 2 N–H and O–H groups in total. The van der Waals surface area contributed by atoms with Crippen LogP contribution < -0.4 is 5.73 Å². The summed E-state index contributed by atoms with van der Waals surface area (Å²) in [5.74, 6) is -0.0165. The molecule has 0 amide bonds. The quantitative estimate of drug-likeness (QED) is 0.852. The minimum absolute atomic E-state index is 0.0165. The number of rotatable bonds is 5. The predicted octanol–water partition coefficient (Wildman–Crippen LogP) is 2.37. The molecule has 19 heavy (non-hydrogen) atoms. The van der Waals surface area contributed by atoms with E-state index in [4.69, 9.17) is 5.73 Å². The zero-order chi connectivity index (χ0) is 14.0. The molecular weight excluding hydrogens is 260 g/mol. The molecule has 0 saturated heterocycles. The molecule has 0 aliphatic carbocycles. The molecule has 0 aromatic carbocycles. The molecule has 6 heteroatoms. The molecule has 0 radical (unpaired) electrons. The van der Waals surface area contributed by atoms with Crippen LogP contribution in [0, 0.1) is 0 Å². The molecule has 2 aromatic rings. The number of thiazole rings is 1. The number of hydrogen-bond acceptors (Lipinski definition) is 5. The molecule has 1 unspecified atom stereocenters. The molecule has 2 rings (SSSR count). The maximum absolute atomic E-state index is 12.1. The number of nitrogens with two attached hydrogens (primary N) is 1. The summed E-state index contributed by atoms with van der Waals surface area (Å²) in [6.07, 6.45) is 2.17. The van der Waals surface area contributed by atoms with E-state index in [1.165, 1.54) is 11.3 Å². The smallest absolute Gasteiger partial charge is 0.188 e. The van der Waals surface area contributed by atoms with Crippen molar-refractivity contribution in [1.29, 1.82) is 0 Å². The molecular formula is C13H18N4OS. The summed E-state index contributed by atoms with van der Waals surface area (Å²) in [5.41, 5.74) is 6.99. The molecule has 0 bridgehead atoms. The van der Waals surface area contributed by atoms with Gasteiger partial charge in [0.25, 0.3) is 0 Å². The van der Waals surface area contributed by atoms with Crippen molar-refractivity contribution in [3.63, 3.8) is 0 Å². The van der Waals surface area contributed by atoms with E-state index in [0.717, 1.165) is 10.7 Å². The van der Waals surface area contributed by atoms with Gasteiger partial charge in [-0.3, -0.25) is 9.48 Å². The lowest BCUT2D eigenvalue weighted by Gasteiger charge is -2.03. The van der Waals surface area contributed by atoms with Crippen molar-refractivity contribution in [1.82, 2.24) is 14.8 Å². The SMILES string of the molecule is CC(N)c1nc(C(=O)Cc2ccn(C(C)C)n2)cs1. The summed E-state index contributed by atoms with van der Waals surface area (Å²) in [6, 6.07) is 2.04. The Morgan fingerprint density at radius 3 is 2.74 bits per heavy atom. The Balaban J connectivity index is 2.07. The predicted molar refractivity (Wildman–Crippen MR) is 75.4 cm³/mol. The van der Waals surface area contributed by atoms with Crippen LogP contribution in [0.5, 0.6) is 0 Å². The van der Waals surface area contributed by atoms with Gasteiger partial charge in [-0.25, -0.2) is 4.98 Å². The van der Waals surface area contributed by atoms with Crippen LogP contribution in [-0.2, 0) is 6.42 Å². The molecule has 0 saturated carbocycles. The van der Waals surface area contributed by atoms with Crippen LogP contribution in [0.2, 0.25) is 0 Å². The van der Waals surface area contributed by atoms with E-state index in [-0.39, 0.29) is 18.2 Å². The number of ketones is 1. The Labute approximate surface area is 116 Å². The standard InChI is InChI=1S/C13H18N4OS/c1-8(2)17-5-4-10(16-17)6-12(18)11-7-19-13(15-11)9(3)14/h4-5,7-9H,6,14H2,1-3H3. The van der Waals surface area contributed by atoms with Gasteiger partial charge in [0.1, 0.15) is 10.7 Å². The van der Waals surface area contributed by atoms with Gasteiger partial charge in [-0.1, -0.05) is 0 Å². The minimum atomic E-state index is -0.133. The van der Waals surface area contributed by atoms with Gasteiger partial charge >= 0.3 is 0 Å². The fraction of sp³-hybridized carbons (Fsp3) is 0.462. The first-order chi connectivity index (χ1) is 8.97. The van der Waals surface area contributed by atoms with Gasteiger partial charge in [-0.05, 0) is 26.8 Å². The average molecular weight is 278 g/mol. The Bertz CT molecular complexity index is 571. The highest BCUT2D eigenvalue weighted by molar-refractivity contribution is 7.09. The monoisotopic (exact) mass is 278 g/mol. The Morgan fingerprint density at radius 2 is 2.21 bits per heavy atom. The normalized spacial score (nSPS) is 12.9. The zero-order valence-electron chi connectivity index (χ0n) is 11.3. The summed E-state index contributed by atoms with van der Waals surface area (Å²) in [6.45, 7) is 5.96. The third kappa shape index (κ3) is 3.27. The van der Waals surface area contributed by atoms with E-state index in [0.29, 0.717) is 11.7 Å². The lowest BCUT2D eigenvalue weighted by molar-refractivity contribution is 0.0987. The Morgan fingerprint density at radius 1 is 1.47 bits per heavy atom. The largest absolute Gasteiger partial charge is 0.322 e. The molecule has 0 aliphatic heterocycles. The van der Waals surface area contributed by atoms with E-state index in [2.05, 4.69) is 10.1 Å². The number of carbonyl (C=O) groups excluding carboxylic acids is 1. The van der Waals surface area contributed by atoms with Crippen molar-refractivity contribution in [2.24, 2.45) is 5.73 Å². The van der Waals surface area contributed by atoms with Crippen LogP contribution in [0.4, 0.5) is 0 Å². The van der Waals surface area contributed by atoms with Gasteiger partial charge < -0.3 is 5.73 Å². The maximum atomic E-state index is 12.1. The third-order valence-corrected chi connectivity index (χ3v) is 3.78. The summed E-state index contributed by atoms with van der Waals surface area (Å²) < 4.78 is 1.84. The Kier molecular flexibility index (Phi) is 4.11. The summed E-state index contributed by atoms with van der Waals surface area (Å²) >= 11 is 1.42. The summed E-state index contributed by atoms with van der Waals surface area (Å²) in [7, 11) is 0. The summed E-state index contributed by atoms with van der Waals surface area (Å²) in [5, 5.41) is 6.92. The number of nitrogens with zero attached hydrogens (tertiary/aromatic N) is 3. The topological polar surface area (TPSA) is 73.8 Å². The first-order valence-electron chi connectivity index (χ1n) is 6.25. The van der Waals surface area contributed by atoms with Gasteiger partial charge in [-0.15, -0.1) is 11.3 Å². The lowest BCUT2D eigenvalue weighted by atomic mass is 10.2. The fourth-order valence-electron chi connectivity index (χ4n) is 1.64. The molecule has 2 aromatic heterocycles. The number of carbonyl (C=O) groups is 1. The van der Waals surface area contributed by atoms with Gasteiger partial charge in [-0.2, -0.15) is 5.10 Å². The van der Waals surface area contributed by atoms with E-state index in [1.54, 1.807) is 5.38 Å². The lowest BCUT2D eigenvalue weighted by Crippen LogP contribution is -2.08. The van der Waals surface area contributed by atoms with Crippen molar-refractivity contribution in [2.45, 2.75) is 39.3 Å². The number of aromatic nitrogens is 3. The van der Waals surface area contributed by atoms with Crippen LogP contribution in [0.3, 0.4) is 0 Å². The molecule has 1 atom stereocenters. The van der Waals surface area contributed by atoms with E-state index in [9.17, 15) is 4.79 Å². The highest BCUT2D eigenvalue weighted by Crippen LogP contribution is 2.17. The average Bonchev–Trinajstić information content (AvgIpc) is 2.96. The first-order valence-corrected chi connectivity index (χ1v) is 7.13. The molecule has 5 nitrogen and oxygen atoms in total. The van der Waals surface area contributed by atoms with Gasteiger partial charge in [0.05, 0.1) is 18.2 Å². The second kappa shape index (κ2) is 5.63. The van der Waals surface area contributed by atoms with E-state index in [1.807, 2.05) is 37.7 Å². The van der Waals surface area contributed by atoms with Crippen molar-refractivity contribution >= 4 is 17.1 Å². The fourth-order valence-corrected chi connectivity index (χ4v) is 2.42. The Hall–Kier alpha value is -1.53. The highest BCUT2D eigenvalue weighted by atomic mass is 32.1. The van der Waals surface area contributed by atoms with E-state index >= 15 is 0 Å². The van der Waals surface area contributed by atoms with E-state index < -0.39 is 0 Å². The minimum Gasteiger partial charge on any atom is -0.322 e. The molecule has 0 spiro atoms. The summed E-state index contributed by atoms with van der Waals surface area (Å²) in [4.78, 5) is 16.3. The van der Waals surface area contributed by atoms with Crippen molar-refractivity contribution in [3.05, 3.63) is 34.0 Å². The van der Waals surface area contributed by atoms with Crippen molar-refractivity contribution in [2.75, 3.05) is 0 Å². The van der Waals surface area contributed by atoms with Crippen LogP contribution in [0.1, 0.15) is 54.0 Å². The molecule has 0 fully saturated rings. The maximum Gasteiger partial charge on any atom is 0.188 e. The van der Waals surface area contributed by atoms with Crippen molar-refractivity contribution in [3.8, 4) is 0 Å². The second-order valence-corrected chi connectivity index (χ2v) is 5.73. The van der Waals surface area contributed by atoms with Gasteiger partial charge in [0, 0.05) is 17.6 Å². The number of Topliss-reactive ketones (excluding diaryl/α,β-unsaturated/α-hetero) is 1. The number of hydrogen-bond donors (Lipinski definition) is 1. The van der Waals surface area contributed by atoms with Crippen LogP contribution in [0.25, 0.3) is 0 Å². The molecule has 0 aliphatic rings. The van der Waals surface area contributed by atoms with Gasteiger partial charge in [0.15, 0.2) is 5.78 Å². The second-order valence-electron chi connectivity index (χ2n) is 4.84. The van der Waals surface area contributed by atoms with Gasteiger partial charge in [0.2, 0.25) is 0 Å². The molecule has 102 valence electrons. The first kappa shape index (κ1) is 13.9. The van der Waals surface area contributed by atoms with Crippen molar-refractivity contribution < 1.29 is 4.79 Å². The molecule has 2 heterocycles. The zero-order valence-corrected chi connectivity index (χ0v) is 12.1. The van der Waals surface area contributed by atoms with Crippen LogP contribution in [-0.4, -0.2) is 20.5 Å². The highest BCUT2D eigenvalue weighted by Gasteiger charge is 2.14. The van der Waals surface area contributed by atoms with Crippen LogP contribution >= 0.6 is 11.3 Å². The third-order valence-electron chi connectivity index (χ3n) is 2.73.